The van der Waals surface area contributed by atoms with Crippen LogP contribution in [0.5, 0.6) is 0 Å². The topological polar surface area (TPSA) is 43.8 Å². The molecular weight excluding hydrogens is 350 g/mol. The molecule has 0 amide bonds. The fourth-order valence-electron chi connectivity index (χ4n) is 2.15. The lowest BCUT2D eigenvalue weighted by Gasteiger charge is -2.04. The number of anilines is 1. The smallest absolute Gasteiger partial charge is 0.115 e. The van der Waals surface area contributed by atoms with Gasteiger partial charge in [-0.3, -0.25) is 4.68 Å². The van der Waals surface area contributed by atoms with Crippen molar-refractivity contribution in [3.8, 4) is 11.3 Å². The molecule has 3 rings (SSSR count). The zero-order chi connectivity index (χ0) is 14.8. The van der Waals surface area contributed by atoms with Gasteiger partial charge in [-0.1, -0.05) is 57.9 Å². The predicted molar refractivity (Wildman–Crippen MR) is 90.3 cm³/mol. The molecular formula is C16H13BrClN3. The van der Waals surface area contributed by atoms with E-state index in [1.54, 1.807) is 0 Å². The largest absolute Gasteiger partial charge is 0.396 e. The summed E-state index contributed by atoms with van der Waals surface area (Å²) in [6, 6.07) is 15.7. The zero-order valence-electron chi connectivity index (χ0n) is 11.1. The highest BCUT2D eigenvalue weighted by Crippen LogP contribution is 2.26. The fraction of sp³-hybridized carbons (Fsp3) is 0.0625. The number of benzene rings is 2. The molecule has 21 heavy (non-hydrogen) atoms. The molecule has 0 saturated carbocycles. The van der Waals surface area contributed by atoms with Gasteiger partial charge in [0, 0.05) is 21.3 Å². The quantitative estimate of drug-likeness (QED) is 0.740. The van der Waals surface area contributed by atoms with Gasteiger partial charge in [0.15, 0.2) is 0 Å². The highest BCUT2D eigenvalue weighted by molar-refractivity contribution is 9.10. The Hall–Kier alpha value is -1.78. The van der Waals surface area contributed by atoms with Crippen molar-refractivity contribution in [2.24, 2.45) is 0 Å². The van der Waals surface area contributed by atoms with Gasteiger partial charge < -0.3 is 5.73 Å². The third-order valence-corrected chi connectivity index (χ3v) is 4.10. The zero-order valence-corrected chi connectivity index (χ0v) is 13.5. The first kappa shape index (κ1) is 14.2. The summed E-state index contributed by atoms with van der Waals surface area (Å²) in [7, 11) is 0. The summed E-state index contributed by atoms with van der Waals surface area (Å²) in [4.78, 5) is 0. The van der Waals surface area contributed by atoms with Crippen molar-refractivity contribution in [2.45, 2.75) is 6.54 Å². The van der Waals surface area contributed by atoms with Crippen molar-refractivity contribution in [2.75, 3.05) is 5.73 Å². The molecule has 0 unspecified atom stereocenters. The summed E-state index contributed by atoms with van der Waals surface area (Å²) in [6.45, 7) is 0.598. The number of nitrogen functional groups attached to an aromatic ring is 1. The average molecular weight is 363 g/mol. The van der Waals surface area contributed by atoms with Crippen molar-refractivity contribution >= 4 is 33.2 Å². The minimum absolute atomic E-state index is 0.598. The van der Waals surface area contributed by atoms with E-state index in [4.69, 9.17) is 17.3 Å². The lowest BCUT2D eigenvalue weighted by Crippen LogP contribution is -2.00. The number of aromatic nitrogens is 2. The third kappa shape index (κ3) is 3.12. The predicted octanol–water partition coefficient (Wildman–Crippen LogP) is 4.60. The van der Waals surface area contributed by atoms with Crippen molar-refractivity contribution in [3.63, 3.8) is 0 Å². The van der Waals surface area contributed by atoms with Gasteiger partial charge in [-0.05, 0) is 23.8 Å². The van der Waals surface area contributed by atoms with E-state index in [0.717, 1.165) is 26.3 Å². The Labute approximate surface area is 136 Å². The van der Waals surface area contributed by atoms with Crippen LogP contribution >= 0.6 is 27.5 Å². The van der Waals surface area contributed by atoms with Gasteiger partial charge >= 0.3 is 0 Å². The van der Waals surface area contributed by atoms with Crippen LogP contribution in [0.2, 0.25) is 5.02 Å². The molecule has 0 aliphatic carbocycles. The molecule has 0 spiro atoms. The lowest BCUT2D eigenvalue weighted by molar-refractivity contribution is 0.690. The van der Waals surface area contributed by atoms with E-state index in [2.05, 4.69) is 21.0 Å². The minimum Gasteiger partial charge on any atom is -0.396 e. The van der Waals surface area contributed by atoms with E-state index < -0.39 is 0 Å². The monoisotopic (exact) mass is 361 g/mol. The summed E-state index contributed by atoms with van der Waals surface area (Å²) in [5.41, 5.74) is 9.53. The maximum Gasteiger partial charge on any atom is 0.115 e. The number of hydrogen-bond donors (Lipinski definition) is 1. The molecule has 0 atom stereocenters. The summed E-state index contributed by atoms with van der Waals surface area (Å²) >= 11 is 9.60. The molecule has 3 nitrogen and oxygen atoms in total. The molecule has 0 radical (unpaired) electrons. The van der Waals surface area contributed by atoms with E-state index in [0.29, 0.717) is 12.2 Å². The van der Waals surface area contributed by atoms with Gasteiger partial charge in [0.1, 0.15) is 5.69 Å². The van der Waals surface area contributed by atoms with Crippen molar-refractivity contribution in [1.29, 1.82) is 0 Å². The van der Waals surface area contributed by atoms with Crippen LogP contribution in [0, 0.1) is 0 Å². The van der Waals surface area contributed by atoms with Crippen LogP contribution in [-0.2, 0) is 6.54 Å². The molecule has 2 N–H and O–H groups in total. The van der Waals surface area contributed by atoms with E-state index in [-0.39, 0.29) is 0 Å². The highest BCUT2D eigenvalue weighted by Gasteiger charge is 2.09. The van der Waals surface area contributed by atoms with Crippen LogP contribution in [0.15, 0.2) is 59.2 Å². The summed E-state index contributed by atoms with van der Waals surface area (Å²) in [5.74, 6) is 0. The standard InChI is InChI=1S/C16H13BrClN3/c17-13-7-5-11(6-8-13)16-15(19)10-21(20-16)9-12-3-1-2-4-14(12)18/h1-8,10H,9,19H2. The van der Waals surface area contributed by atoms with Gasteiger partial charge in [-0.2, -0.15) is 5.10 Å². The van der Waals surface area contributed by atoms with Crippen molar-refractivity contribution in [1.82, 2.24) is 9.78 Å². The first-order valence-electron chi connectivity index (χ1n) is 6.46. The van der Waals surface area contributed by atoms with E-state index >= 15 is 0 Å². The molecule has 0 saturated heterocycles. The summed E-state index contributed by atoms with van der Waals surface area (Å²) in [6.07, 6.45) is 1.83. The molecule has 0 aliphatic rings. The van der Waals surface area contributed by atoms with Crippen LogP contribution in [0.25, 0.3) is 11.3 Å². The summed E-state index contributed by atoms with van der Waals surface area (Å²) in [5, 5.41) is 5.30. The SMILES string of the molecule is Nc1cn(Cc2ccccc2Cl)nc1-c1ccc(Br)cc1. The Morgan fingerprint density at radius 2 is 1.81 bits per heavy atom. The molecule has 2 aromatic carbocycles. The normalized spacial score (nSPS) is 10.8. The molecule has 106 valence electrons. The first-order chi connectivity index (χ1) is 10.1. The molecule has 5 heteroatoms. The van der Waals surface area contributed by atoms with Crippen LogP contribution in [-0.4, -0.2) is 9.78 Å². The second kappa shape index (κ2) is 5.92. The lowest BCUT2D eigenvalue weighted by atomic mass is 10.1. The molecule has 3 aromatic rings. The maximum absolute atomic E-state index is 6.18. The minimum atomic E-state index is 0.598. The number of nitrogens with two attached hydrogens (primary N) is 1. The number of halogens is 2. The number of hydrogen-bond acceptors (Lipinski definition) is 2. The van der Waals surface area contributed by atoms with Crippen molar-refractivity contribution in [3.05, 3.63) is 69.8 Å². The number of rotatable bonds is 3. The fourth-order valence-corrected chi connectivity index (χ4v) is 2.61. The molecule has 0 bridgehead atoms. The second-order valence-corrected chi connectivity index (χ2v) is 6.05. The highest BCUT2D eigenvalue weighted by atomic mass is 79.9. The molecule has 1 heterocycles. The van der Waals surface area contributed by atoms with Gasteiger partial charge in [0.05, 0.1) is 12.2 Å². The Bertz CT molecular complexity index is 765. The molecule has 1 aromatic heterocycles. The van der Waals surface area contributed by atoms with E-state index in [9.17, 15) is 0 Å². The van der Waals surface area contributed by atoms with Gasteiger partial charge in [0.2, 0.25) is 0 Å². The molecule has 0 aliphatic heterocycles. The Kier molecular flexibility index (Phi) is 3.99. The van der Waals surface area contributed by atoms with Crippen molar-refractivity contribution < 1.29 is 0 Å². The molecule has 0 fully saturated rings. The van der Waals surface area contributed by atoms with E-state index in [1.807, 2.05) is 59.4 Å². The summed E-state index contributed by atoms with van der Waals surface area (Å²) < 4.78 is 2.84. The Morgan fingerprint density at radius 1 is 1.10 bits per heavy atom. The second-order valence-electron chi connectivity index (χ2n) is 4.73. The third-order valence-electron chi connectivity index (χ3n) is 3.20. The van der Waals surface area contributed by atoms with E-state index in [1.165, 1.54) is 0 Å². The average Bonchev–Trinajstić information content (AvgIpc) is 2.83. The van der Waals surface area contributed by atoms with Crippen LogP contribution in [0.4, 0.5) is 5.69 Å². The van der Waals surface area contributed by atoms with Crippen LogP contribution in [0.1, 0.15) is 5.56 Å². The Balaban J connectivity index is 1.91. The van der Waals surface area contributed by atoms with Gasteiger partial charge in [0.25, 0.3) is 0 Å². The first-order valence-corrected chi connectivity index (χ1v) is 7.63. The van der Waals surface area contributed by atoms with Crippen LogP contribution in [0.3, 0.4) is 0 Å². The van der Waals surface area contributed by atoms with Gasteiger partial charge in [-0.15, -0.1) is 0 Å². The Morgan fingerprint density at radius 3 is 2.52 bits per heavy atom. The maximum atomic E-state index is 6.18. The number of nitrogens with zero attached hydrogens (tertiary/aromatic N) is 2. The van der Waals surface area contributed by atoms with Crippen LogP contribution < -0.4 is 5.73 Å². The van der Waals surface area contributed by atoms with Gasteiger partial charge in [-0.25, -0.2) is 0 Å².